The molecule has 0 saturated heterocycles. The molecule has 0 unspecified atom stereocenters. The van der Waals surface area contributed by atoms with E-state index in [4.69, 9.17) is 0 Å². The maximum Gasteiger partial charge on any atom is 0.276 e. The smallest absolute Gasteiger partial charge is 0.276 e. The molecule has 0 radical (unpaired) electrons. The molecular formula is C21H18F2N4O2S. The van der Waals surface area contributed by atoms with Crippen molar-refractivity contribution >= 4 is 23.3 Å². The van der Waals surface area contributed by atoms with Crippen LogP contribution in [0.3, 0.4) is 0 Å². The Morgan fingerprint density at radius 1 is 1.10 bits per heavy atom. The van der Waals surface area contributed by atoms with Gasteiger partial charge in [0.1, 0.15) is 17.7 Å². The molecule has 9 heteroatoms. The van der Waals surface area contributed by atoms with Crippen LogP contribution < -0.4 is 5.32 Å². The molecule has 1 atom stereocenters. The monoisotopic (exact) mass is 428 g/mol. The quantitative estimate of drug-likeness (QED) is 0.558. The molecule has 2 aromatic carbocycles. The zero-order valence-corrected chi connectivity index (χ0v) is 16.6. The lowest BCUT2D eigenvalue weighted by Crippen LogP contribution is -2.43. The van der Waals surface area contributed by atoms with Crippen molar-refractivity contribution in [3.8, 4) is 0 Å². The second kappa shape index (κ2) is 9.84. The van der Waals surface area contributed by atoms with E-state index in [1.165, 1.54) is 52.8 Å². The second-order valence-electron chi connectivity index (χ2n) is 6.33. The maximum atomic E-state index is 13.4. The summed E-state index contributed by atoms with van der Waals surface area (Å²) in [5.41, 5.74) is 1.21. The first-order chi connectivity index (χ1) is 14.5. The first kappa shape index (κ1) is 21.3. The van der Waals surface area contributed by atoms with Crippen molar-refractivity contribution in [3.63, 3.8) is 0 Å². The molecular weight excluding hydrogens is 410 g/mol. The van der Waals surface area contributed by atoms with E-state index in [0.717, 1.165) is 11.5 Å². The Morgan fingerprint density at radius 2 is 1.73 bits per heavy atom. The Balaban J connectivity index is 1.90. The molecule has 154 valence electrons. The van der Waals surface area contributed by atoms with Crippen molar-refractivity contribution in [1.29, 1.82) is 0 Å². The molecule has 6 nitrogen and oxygen atoms in total. The molecule has 0 saturated carbocycles. The van der Waals surface area contributed by atoms with E-state index in [9.17, 15) is 18.4 Å². The summed E-state index contributed by atoms with van der Waals surface area (Å²) in [6.45, 7) is 3.85. The van der Waals surface area contributed by atoms with Crippen LogP contribution in [0, 0.1) is 11.6 Å². The third-order valence-corrected chi connectivity index (χ3v) is 4.80. The van der Waals surface area contributed by atoms with Gasteiger partial charge in [-0.15, -0.1) is 11.7 Å². The van der Waals surface area contributed by atoms with Gasteiger partial charge in [0.15, 0.2) is 5.69 Å². The number of benzene rings is 2. The minimum absolute atomic E-state index is 0.0579. The van der Waals surface area contributed by atoms with Gasteiger partial charge < -0.3 is 10.2 Å². The number of nitrogens with one attached hydrogen (secondary N) is 1. The van der Waals surface area contributed by atoms with Crippen molar-refractivity contribution in [2.45, 2.75) is 12.6 Å². The molecule has 1 aromatic heterocycles. The molecule has 3 rings (SSSR count). The Hall–Kier alpha value is -3.46. The van der Waals surface area contributed by atoms with E-state index in [2.05, 4.69) is 21.5 Å². The Kier molecular flexibility index (Phi) is 6.97. The Morgan fingerprint density at radius 3 is 2.30 bits per heavy atom. The standard InChI is InChI=1S/C21H18F2N4O2S/c1-2-11-27(21(29)18-13-30-26-25-18)19(15-5-9-17(23)10-6-15)20(28)24-12-14-3-7-16(22)8-4-14/h2-10,13,19H,1,11-12H2,(H,24,28)/t19-/m0/s1. The van der Waals surface area contributed by atoms with E-state index in [1.807, 2.05) is 0 Å². The maximum absolute atomic E-state index is 13.4. The molecule has 1 N–H and O–H groups in total. The average molecular weight is 428 g/mol. The molecule has 2 amide bonds. The number of rotatable bonds is 8. The van der Waals surface area contributed by atoms with Crippen LogP contribution in [0.15, 0.2) is 66.6 Å². The van der Waals surface area contributed by atoms with Crippen LogP contribution in [-0.2, 0) is 11.3 Å². The number of hydrogen-bond donors (Lipinski definition) is 1. The van der Waals surface area contributed by atoms with Gasteiger partial charge in [-0.3, -0.25) is 9.59 Å². The van der Waals surface area contributed by atoms with E-state index in [-0.39, 0.29) is 24.6 Å². The van der Waals surface area contributed by atoms with E-state index in [1.54, 1.807) is 12.1 Å². The summed E-state index contributed by atoms with van der Waals surface area (Å²) in [5, 5.41) is 8.02. The zero-order chi connectivity index (χ0) is 21.5. The molecule has 30 heavy (non-hydrogen) atoms. The van der Waals surface area contributed by atoms with Crippen molar-refractivity contribution in [3.05, 3.63) is 95.0 Å². The number of aromatic nitrogens is 2. The SMILES string of the molecule is C=CCN(C(=O)c1csnn1)[C@H](C(=O)NCc1ccc(F)cc1)c1ccc(F)cc1. The number of hydrogen-bond acceptors (Lipinski definition) is 5. The van der Waals surface area contributed by atoms with Crippen LogP contribution in [0.5, 0.6) is 0 Å². The van der Waals surface area contributed by atoms with E-state index >= 15 is 0 Å². The van der Waals surface area contributed by atoms with E-state index < -0.39 is 23.7 Å². The van der Waals surface area contributed by atoms with E-state index in [0.29, 0.717) is 11.1 Å². The molecule has 3 aromatic rings. The van der Waals surface area contributed by atoms with Crippen LogP contribution in [0.25, 0.3) is 0 Å². The highest BCUT2D eigenvalue weighted by Crippen LogP contribution is 2.24. The third-order valence-electron chi connectivity index (χ3n) is 4.29. The summed E-state index contributed by atoms with van der Waals surface area (Å²) >= 11 is 1.01. The van der Waals surface area contributed by atoms with Crippen LogP contribution >= 0.6 is 11.5 Å². The first-order valence-corrected chi connectivity index (χ1v) is 9.80. The minimum atomic E-state index is -1.06. The van der Waals surface area contributed by atoms with Gasteiger partial charge in [0, 0.05) is 18.5 Å². The minimum Gasteiger partial charge on any atom is -0.350 e. The fraction of sp³-hybridized carbons (Fsp3) is 0.143. The first-order valence-electron chi connectivity index (χ1n) is 8.96. The summed E-state index contributed by atoms with van der Waals surface area (Å²) in [4.78, 5) is 27.4. The summed E-state index contributed by atoms with van der Waals surface area (Å²) in [5.74, 6) is -1.83. The number of nitrogens with zero attached hydrogens (tertiary/aromatic N) is 3. The van der Waals surface area contributed by atoms with Crippen molar-refractivity contribution in [2.24, 2.45) is 0 Å². The lowest BCUT2D eigenvalue weighted by molar-refractivity contribution is -0.126. The van der Waals surface area contributed by atoms with Gasteiger partial charge >= 0.3 is 0 Å². The van der Waals surface area contributed by atoms with Gasteiger partial charge in [0.25, 0.3) is 5.91 Å². The van der Waals surface area contributed by atoms with Gasteiger partial charge in [-0.05, 0) is 46.9 Å². The predicted octanol–water partition coefficient (Wildman–Crippen LogP) is 3.50. The highest BCUT2D eigenvalue weighted by atomic mass is 32.1. The van der Waals surface area contributed by atoms with Crippen LogP contribution in [0.1, 0.15) is 27.7 Å². The largest absolute Gasteiger partial charge is 0.350 e. The fourth-order valence-electron chi connectivity index (χ4n) is 2.86. The average Bonchev–Trinajstić information content (AvgIpc) is 3.29. The number of amides is 2. The van der Waals surface area contributed by atoms with Gasteiger partial charge in [-0.1, -0.05) is 34.8 Å². The third kappa shape index (κ3) is 5.12. The van der Waals surface area contributed by atoms with Crippen LogP contribution in [-0.4, -0.2) is 32.8 Å². The molecule has 0 bridgehead atoms. The second-order valence-corrected chi connectivity index (χ2v) is 6.94. The van der Waals surface area contributed by atoms with Gasteiger partial charge in [0.05, 0.1) is 0 Å². The van der Waals surface area contributed by atoms with Gasteiger partial charge in [0.2, 0.25) is 5.91 Å². The summed E-state index contributed by atoms with van der Waals surface area (Å²) in [6.07, 6.45) is 1.49. The predicted molar refractivity (Wildman–Crippen MR) is 109 cm³/mol. The van der Waals surface area contributed by atoms with Gasteiger partial charge in [-0.2, -0.15) is 0 Å². The molecule has 0 aliphatic rings. The van der Waals surface area contributed by atoms with Crippen molar-refractivity contribution in [2.75, 3.05) is 6.54 Å². The summed E-state index contributed by atoms with van der Waals surface area (Å²) in [6, 6.07) is 9.96. The Bertz CT molecular complexity index is 1010. The highest BCUT2D eigenvalue weighted by Gasteiger charge is 2.32. The fourth-order valence-corrected chi connectivity index (χ4v) is 3.29. The van der Waals surface area contributed by atoms with Gasteiger partial charge in [-0.25, -0.2) is 8.78 Å². The molecule has 0 aliphatic heterocycles. The number of halogens is 2. The summed E-state index contributed by atoms with van der Waals surface area (Å²) < 4.78 is 30.2. The van der Waals surface area contributed by atoms with Crippen molar-refractivity contribution < 1.29 is 18.4 Å². The Labute approximate surface area is 176 Å². The molecule has 1 heterocycles. The normalized spacial score (nSPS) is 11.5. The summed E-state index contributed by atoms with van der Waals surface area (Å²) in [7, 11) is 0. The molecule has 0 aliphatic carbocycles. The topological polar surface area (TPSA) is 75.2 Å². The van der Waals surface area contributed by atoms with Crippen molar-refractivity contribution in [1.82, 2.24) is 19.8 Å². The van der Waals surface area contributed by atoms with Crippen LogP contribution in [0.2, 0.25) is 0 Å². The molecule has 0 spiro atoms. The lowest BCUT2D eigenvalue weighted by atomic mass is 10.0. The number of carbonyl (C=O) groups excluding carboxylic acids is 2. The molecule has 0 fully saturated rings. The highest BCUT2D eigenvalue weighted by molar-refractivity contribution is 7.03. The zero-order valence-electron chi connectivity index (χ0n) is 15.8. The lowest BCUT2D eigenvalue weighted by Gasteiger charge is -2.30. The van der Waals surface area contributed by atoms with Crippen LogP contribution in [0.4, 0.5) is 8.78 Å². The number of carbonyl (C=O) groups is 2.